The standard InChI is InChI=1S/C24H48O2/c1-5-6-7-8-9-10-11-12-13-14-15-16-17-18-19-20-21-22(2)23(3)24(25)26-4/h22-23H,5-21H2,1-4H3. The molecule has 0 heterocycles. The summed E-state index contributed by atoms with van der Waals surface area (Å²) in [7, 11) is 1.49. The van der Waals surface area contributed by atoms with Crippen LogP contribution in [0.3, 0.4) is 0 Å². The molecule has 0 aliphatic rings. The molecule has 0 bridgehead atoms. The maximum absolute atomic E-state index is 11.5. The molecule has 2 atom stereocenters. The van der Waals surface area contributed by atoms with Crippen molar-refractivity contribution in [2.24, 2.45) is 11.8 Å². The Labute approximate surface area is 164 Å². The van der Waals surface area contributed by atoms with Gasteiger partial charge in [-0.3, -0.25) is 4.79 Å². The van der Waals surface area contributed by atoms with E-state index in [0.717, 1.165) is 6.42 Å². The molecule has 0 radical (unpaired) electrons. The van der Waals surface area contributed by atoms with Crippen LogP contribution in [0.15, 0.2) is 0 Å². The average Bonchev–Trinajstić information content (AvgIpc) is 2.66. The summed E-state index contributed by atoms with van der Waals surface area (Å²) in [5.74, 6) is 0.416. The predicted molar refractivity (Wildman–Crippen MR) is 115 cm³/mol. The highest BCUT2D eigenvalue weighted by atomic mass is 16.5. The van der Waals surface area contributed by atoms with E-state index in [1.165, 1.54) is 110 Å². The first-order valence-electron chi connectivity index (χ1n) is 11.7. The van der Waals surface area contributed by atoms with Gasteiger partial charge in [-0.1, -0.05) is 124 Å². The van der Waals surface area contributed by atoms with Gasteiger partial charge in [0.25, 0.3) is 0 Å². The van der Waals surface area contributed by atoms with Gasteiger partial charge in [0.05, 0.1) is 13.0 Å². The molecule has 26 heavy (non-hydrogen) atoms. The van der Waals surface area contributed by atoms with Crippen LogP contribution >= 0.6 is 0 Å². The van der Waals surface area contributed by atoms with Gasteiger partial charge < -0.3 is 4.74 Å². The van der Waals surface area contributed by atoms with Gasteiger partial charge in [0, 0.05) is 0 Å². The smallest absolute Gasteiger partial charge is 0.308 e. The van der Waals surface area contributed by atoms with Gasteiger partial charge in [-0.2, -0.15) is 0 Å². The van der Waals surface area contributed by atoms with Crippen LogP contribution in [0.4, 0.5) is 0 Å². The van der Waals surface area contributed by atoms with Gasteiger partial charge in [-0.05, 0) is 12.3 Å². The maximum Gasteiger partial charge on any atom is 0.308 e. The molecule has 2 unspecified atom stereocenters. The van der Waals surface area contributed by atoms with E-state index < -0.39 is 0 Å². The fraction of sp³-hybridized carbons (Fsp3) is 0.958. The quantitative estimate of drug-likeness (QED) is 0.170. The van der Waals surface area contributed by atoms with Crippen molar-refractivity contribution in [3.05, 3.63) is 0 Å². The maximum atomic E-state index is 11.5. The molecule has 0 saturated carbocycles. The van der Waals surface area contributed by atoms with E-state index >= 15 is 0 Å². The third-order valence-electron chi connectivity index (χ3n) is 5.94. The Hall–Kier alpha value is -0.530. The number of methoxy groups -OCH3 is 1. The number of rotatable bonds is 19. The lowest BCUT2D eigenvalue weighted by molar-refractivity contribution is -0.146. The molecular formula is C24H48O2. The first kappa shape index (κ1) is 25.5. The molecule has 2 heteroatoms. The van der Waals surface area contributed by atoms with Crippen molar-refractivity contribution in [1.29, 1.82) is 0 Å². The van der Waals surface area contributed by atoms with Gasteiger partial charge in [-0.15, -0.1) is 0 Å². The summed E-state index contributed by atoms with van der Waals surface area (Å²) in [5.41, 5.74) is 0. The zero-order chi connectivity index (χ0) is 19.5. The summed E-state index contributed by atoms with van der Waals surface area (Å²) in [4.78, 5) is 11.5. The number of esters is 1. The number of hydrogen-bond donors (Lipinski definition) is 0. The Bertz CT molecular complexity index is 301. The van der Waals surface area contributed by atoms with Crippen molar-refractivity contribution in [3.63, 3.8) is 0 Å². The molecule has 0 aliphatic carbocycles. The summed E-state index contributed by atoms with van der Waals surface area (Å²) >= 11 is 0. The summed E-state index contributed by atoms with van der Waals surface area (Å²) in [6, 6.07) is 0. The third kappa shape index (κ3) is 15.7. The van der Waals surface area contributed by atoms with E-state index in [4.69, 9.17) is 4.74 Å². The van der Waals surface area contributed by atoms with Crippen molar-refractivity contribution < 1.29 is 9.53 Å². The van der Waals surface area contributed by atoms with Crippen LogP contribution in [-0.2, 0) is 9.53 Å². The van der Waals surface area contributed by atoms with Crippen LogP contribution < -0.4 is 0 Å². The molecule has 0 saturated heterocycles. The molecule has 0 aromatic carbocycles. The minimum atomic E-state index is -0.0611. The molecule has 0 N–H and O–H groups in total. The van der Waals surface area contributed by atoms with Crippen LogP contribution in [0.25, 0.3) is 0 Å². The van der Waals surface area contributed by atoms with Crippen molar-refractivity contribution in [2.45, 2.75) is 130 Å². The van der Waals surface area contributed by atoms with E-state index in [0.29, 0.717) is 5.92 Å². The summed E-state index contributed by atoms with van der Waals surface area (Å²) < 4.78 is 4.83. The van der Waals surface area contributed by atoms with Crippen LogP contribution in [-0.4, -0.2) is 13.1 Å². The minimum absolute atomic E-state index is 0.0383. The molecule has 0 aromatic heterocycles. The third-order valence-corrected chi connectivity index (χ3v) is 5.94. The minimum Gasteiger partial charge on any atom is -0.469 e. The number of hydrogen-bond acceptors (Lipinski definition) is 2. The largest absolute Gasteiger partial charge is 0.469 e. The lowest BCUT2D eigenvalue weighted by Gasteiger charge is -2.17. The molecule has 0 amide bonds. The second kappa shape index (κ2) is 19.2. The molecule has 0 aromatic rings. The molecular weight excluding hydrogens is 320 g/mol. The second-order valence-electron chi connectivity index (χ2n) is 8.38. The molecule has 0 spiro atoms. The van der Waals surface area contributed by atoms with Crippen molar-refractivity contribution >= 4 is 5.97 Å². The fourth-order valence-corrected chi connectivity index (χ4v) is 3.68. The molecule has 0 fully saturated rings. The molecule has 0 aliphatic heterocycles. The Morgan fingerprint density at radius 3 is 1.35 bits per heavy atom. The van der Waals surface area contributed by atoms with E-state index in [1.807, 2.05) is 6.92 Å². The van der Waals surface area contributed by atoms with Gasteiger partial charge >= 0.3 is 5.97 Å². The SMILES string of the molecule is CCCCCCCCCCCCCCCCCCC(C)C(C)C(=O)OC. The predicted octanol–water partition coefficient (Wildman–Crippen LogP) is 8.08. The van der Waals surface area contributed by atoms with Gasteiger partial charge in [-0.25, -0.2) is 0 Å². The van der Waals surface area contributed by atoms with Crippen molar-refractivity contribution in [1.82, 2.24) is 0 Å². The number of carbonyl (C=O) groups excluding carboxylic acids is 1. The number of ether oxygens (including phenoxy) is 1. The monoisotopic (exact) mass is 368 g/mol. The summed E-state index contributed by atoms with van der Waals surface area (Å²) in [6.07, 6.45) is 23.7. The van der Waals surface area contributed by atoms with Gasteiger partial charge in [0.15, 0.2) is 0 Å². The number of carbonyl (C=O) groups is 1. The second-order valence-corrected chi connectivity index (χ2v) is 8.38. The van der Waals surface area contributed by atoms with Gasteiger partial charge in [0.1, 0.15) is 0 Å². The van der Waals surface area contributed by atoms with Crippen molar-refractivity contribution in [3.8, 4) is 0 Å². The Morgan fingerprint density at radius 1 is 0.654 bits per heavy atom. The number of unbranched alkanes of at least 4 members (excludes halogenated alkanes) is 15. The van der Waals surface area contributed by atoms with Crippen LogP contribution in [0.1, 0.15) is 130 Å². The highest BCUT2D eigenvalue weighted by Crippen LogP contribution is 2.20. The molecule has 156 valence electrons. The van der Waals surface area contributed by atoms with E-state index in [9.17, 15) is 4.79 Å². The Balaban J connectivity index is 3.21. The average molecular weight is 369 g/mol. The molecule has 0 rings (SSSR count). The topological polar surface area (TPSA) is 26.3 Å². The zero-order valence-corrected chi connectivity index (χ0v) is 18.5. The lowest BCUT2D eigenvalue weighted by atomic mass is 9.90. The van der Waals surface area contributed by atoms with Crippen LogP contribution in [0.5, 0.6) is 0 Å². The fourth-order valence-electron chi connectivity index (χ4n) is 3.68. The summed E-state index contributed by atoms with van der Waals surface area (Å²) in [6.45, 7) is 6.45. The van der Waals surface area contributed by atoms with E-state index in [-0.39, 0.29) is 11.9 Å². The first-order chi connectivity index (χ1) is 12.6. The highest BCUT2D eigenvalue weighted by molar-refractivity contribution is 5.72. The van der Waals surface area contributed by atoms with Crippen LogP contribution in [0, 0.1) is 11.8 Å². The summed E-state index contributed by atoms with van der Waals surface area (Å²) in [5, 5.41) is 0. The van der Waals surface area contributed by atoms with E-state index in [1.54, 1.807) is 0 Å². The van der Waals surface area contributed by atoms with Crippen LogP contribution in [0.2, 0.25) is 0 Å². The lowest BCUT2D eigenvalue weighted by Crippen LogP contribution is -2.20. The molecule has 2 nitrogen and oxygen atoms in total. The Kier molecular flexibility index (Phi) is 18.8. The normalized spacial score (nSPS) is 13.5. The Morgan fingerprint density at radius 2 is 1.00 bits per heavy atom. The van der Waals surface area contributed by atoms with Gasteiger partial charge in [0.2, 0.25) is 0 Å². The van der Waals surface area contributed by atoms with Crippen molar-refractivity contribution in [2.75, 3.05) is 7.11 Å². The van der Waals surface area contributed by atoms with E-state index in [2.05, 4.69) is 13.8 Å². The zero-order valence-electron chi connectivity index (χ0n) is 18.5. The first-order valence-corrected chi connectivity index (χ1v) is 11.7. The highest BCUT2D eigenvalue weighted by Gasteiger charge is 2.19.